The number of imidazole rings is 1. The predicted octanol–water partition coefficient (Wildman–Crippen LogP) is 1.38. The van der Waals surface area contributed by atoms with Gasteiger partial charge in [-0.15, -0.1) is 0 Å². The Morgan fingerprint density at radius 3 is 3.11 bits per heavy atom. The number of fused-ring (bicyclic) bond motifs is 1. The molecule has 0 aromatic carbocycles. The van der Waals surface area contributed by atoms with Crippen LogP contribution >= 0.6 is 0 Å². The number of hydrogen-bond acceptors (Lipinski definition) is 6. The Bertz CT molecular complexity index is 575. The first-order valence-corrected chi connectivity index (χ1v) is 6.51. The van der Waals surface area contributed by atoms with Crippen molar-refractivity contribution in [2.45, 2.75) is 25.8 Å². The molecule has 102 valence electrons. The first kappa shape index (κ1) is 12.2. The molecule has 1 aliphatic rings. The number of hydrogen-bond donors (Lipinski definition) is 3. The van der Waals surface area contributed by atoms with E-state index in [2.05, 4.69) is 37.5 Å². The van der Waals surface area contributed by atoms with Crippen LogP contribution in [0.25, 0.3) is 11.2 Å². The van der Waals surface area contributed by atoms with E-state index in [0.29, 0.717) is 18.2 Å². The molecule has 1 saturated heterocycles. The molecule has 0 saturated carbocycles. The van der Waals surface area contributed by atoms with Crippen molar-refractivity contribution < 1.29 is 4.74 Å². The second-order valence-electron chi connectivity index (χ2n) is 5.02. The summed E-state index contributed by atoms with van der Waals surface area (Å²) in [6.45, 7) is 6.38. The summed E-state index contributed by atoms with van der Waals surface area (Å²) < 4.78 is 5.46. The van der Waals surface area contributed by atoms with Crippen LogP contribution in [0.3, 0.4) is 0 Å². The van der Waals surface area contributed by atoms with Gasteiger partial charge in [-0.2, -0.15) is 9.97 Å². The zero-order valence-corrected chi connectivity index (χ0v) is 11.2. The van der Waals surface area contributed by atoms with Crippen molar-refractivity contribution in [2.24, 2.45) is 0 Å². The number of nitrogens with one attached hydrogen (secondary N) is 3. The minimum Gasteiger partial charge on any atom is -0.379 e. The molecule has 1 unspecified atom stereocenters. The largest absolute Gasteiger partial charge is 0.379 e. The molecule has 0 bridgehead atoms. The van der Waals surface area contributed by atoms with Gasteiger partial charge in [0.05, 0.1) is 18.5 Å². The lowest BCUT2D eigenvalue weighted by atomic mass is 10.0. The molecule has 2 aromatic rings. The van der Waals surface area contributed by atoms with Crippen molar-refractivity contribution in [2.75, 3.05) is 30.4 Å². The third kappa shape index (κ3) is 2.33. The minimum absolute atomic E-state index is 0.0874. The highest BCUT2D eigenvalue weighted by Gasteiger charge is 2.30. The van der Waals surface area contributed by atoms with E-state index in [0.717, 1.165) is 30.9 Å². The molecule has 1 atom stereocenters. The smallest absolute Gasteiger partial charge is 0.226 e. The SMILES string of the molecule is CCNc1nc(NC2(C)CCOC2)c2[nH]cnc2n1. The third-order valence-corrected chi connectivity index (χ3v) is 3.26. The number of aromatic amines is 1. The highest BCUT2D eigenvalue weighted by atomic mass is 16.5. The van der Waals surface area contributed by atoms with E-state index in [1.807, 2.05) is 6.92 Å². The van der Waals surface area contributed by atoms with Crippen LogP contribution in [0.15, 0.2) is 6.33 Å². The lowest BCUT2D eigenvalue weighted by molar-refractivity contribution is 0.185. The molecule has 0 aliphatic carbocycles. The van der Waals surface area contributed by atoms with Gasteiger partial charge in [0.15, 0.2) is 11.5 Å². The van der Waals surface area contributed by atoms with Gasteiger partial charge in [-0.3, -0.25) is 0 Å². The van der Waals surface area contributed by atoms with Crippen molar-refractivity contribution >= 4 is 22.9 Å². The summed E-state index contributed by atoms with van der Waals surface area (Å²) >= 11 is 0. The van der Waals surface area contributed by atoms with E-state index in [-0.39, 0.29) is 5.54 Å². The van der Waals surface area contributed by atoms with Crippen molar-refractivity contribution in [1.29, 1.82) is 0 Å². The topological polar surface area (TPSA) is 87.8 Å². The standard InChI is InChI=1S/C12H18N6O/c1-3-13-11-16-9-8(14-7-15-9)10(17-11)18-12(2)4-5-19-6-12/h7H,3-6H2,1-2H3,(H3,13,14,15,16,17,18). The van der Waals surface area contributed by atoms with Gasteiger partial charge in [0.2, 0.25) is 5.95 Å². The van der Waals surface area contributed by atoms with Crippen molar-refractivity contribution in [3.8, 4) is 0 Å². The fourth-order valence-electron chi connectivity index (χ4n) is 2.21. The Morgan fingerprint density at radius 1 is 1.47 bits per heavy atom. The molecule has 1 aliphatic heterocycles. The van der Waals surface area contributed by atoms with Crippen LogP contribution in [-0.4, -0.2) is 45.2 Å². The van der Waals surface area contributed by atoms with Gasteiger partial charge in [0.1, 0.15) is 5.52 Å². The molecule has 19 heavy (non-hydrogen) atoms. The Morgan fingerprint density at radius 2 is 2.37 bits per heavy atom. The lowest BCUT2D eigenvalue weighted by Gasteiger charge is -2.24. The maximum absolute atomic E-state index is 5.46. The number of rotatable bonds is 4. The quantitative estimate of drug-likeness (QED) is 0.771. The fourth-order valence-corrected chi connectivity index (χ4v) is 2.21. The minimum atomic E-state index is -0.0874. The molecule has 3 N–H and O–H groups in total. The normalized spacial score (nSPS) is 22.8. The summed E-state index contributed by atoms with van der Waals surface area (Å²) in [6, 6.07) is 0. The first-order chi connectivity index (χ1) is 9.20. The Labute approximate surface area is 111 Å². The molecule has 0 radical (unpaired) electrons. The third-order valence-electron chi connectivity index (χ3n) is 3.26. The van der Waals surface area contributed by atoms with Crippen molar-refractivity contribution in [3.05, 3.63) is 6.33 Å². The van der Waals surface area contributed by atoms with Gasteiger partial charge in [-0.1, -0.05) is 0 Å². The van der Waals surface area contributed by atoms with Crippen molar-refractivity contribution in [1.82, 2.24) is 19.9 Å². The van der Waals surface area contributed by atoms with E-state index in [1.165, 1.54) is 0 Å². The van der Waals surface area contributed by atoms with E-state index >= 15 is 0 Å². The molecule has 1 fully saturated rings. The lowest BCUT2D eigenvalue weighted by Crippen LogP contribution is -2.35. The monoisotopic (exact) mass is 262 g/mol. The van der Waals surface area contributed by atoms with E-state index in [4.69, 9.17) is 4.74 Å². The van der Waals surface area contributed by atoms with E-state index in [9.17, 15) is 0 Å². The molecular formula is C12H18N6O. The summed E-state index contributed by atoms with van der Waals surface area (Å²) in [5.74, 6) is 1.36. The van der Waals surface area contributed by atoms with Crippen LogP contribution in [0.1, 0.15) is 20.3 Å². The van der Waals surface area contributed by atoms with Gasteiger partial charge >= 0.3 is 0 Å². The summed E-state index contributed by atoms with van der Waals surface area (Å²) in [7, 11) is 0. The Kier molecular flexibility index (Phi) is 2.98. The summed E-state index contributed by atoms with van der Waals surface area (Å²) in [5, 5.41) is 6.58. The van der Waals surface area contributed by atoms with Crippen LogP contribution < -0.4 is 10.6 Å². The van der Waals surface area contributed by atoms with Crippen molar-refractivity contribution in [3.63, 3.8) is 0 Å². The van der Waals surface area contributed by atoms with Gasteiger partial charge in [-0.05, 0) is 20.3 Å². The highest BCUT2D eigenvalue weighted by Crippen LogP contribution is 2.26. The number of anilines is 2. The van der Waals surface area contributed by atoms with E-state index < -0.39 is 0 Å². The zero-order valence-electron chi connectivity index (χ0n) is 11.2. The average Bonchev–Trinajstić information content (AvgIpc) is 2.98. The fraction of sp³-hybridized carbons (Fsp3) is 0.583. The number of ether oxygens (including phenoxy) is 1. The van der Waals surface area contributed by atoms with Gasteiger partial charge in [0.25, 0.3) is 0 Å². The second kappa shape index (κ2) is 4.65. The molecule has 7 nitrogen and oxygen atoms in total. The van der Waals surface area contributed by atoms with Crippen LogP contribution in [0.4, 0.5) is 11.8 Å². The van der Waals surface area contributed by atoms with Gasteiger partial charge in [-0.25, -0.2) is 4.98 Å². The number of nitrogens with zero attached hydrogens (tertiary/aromatic N) is 3. The maximum Gasteiger partial charge on any atom is 0.226 e. The molecular weight excluding hydrogens is 244 g/mol. The maximum atomic E-state index is 5.46. The van der Waals surface area contributed by atoms with Gasteiger partial charge in [0, 0.05) is 13.2 Å². The molecule has 0 amide bonds. The molecule has 3 rings (SSSR count). The molecule has 7 heteroatoms. The Hall–Kier alpha value is -1.89. The van der Waals surface area contributed by atoms with Crippen LogP contribution in [0.5, 0.6) is 0 Å². The van der Waals surface area contributed by atoms with Crippen LogP contribution in [0, 0.1) is 0 Å². The van der Waals surface area contributed by atoms with Crippen LogP contribution in [0.2, 0.25) is 0 Å². The Balaban J connectivity index is 1.98. The second-order valence-corrected chi connectivity index (χ2v) is 5.02. The van der Waals surface area contributed by atoms with Crippen LogP contribution in [-0.2, 0) is 4.74 Å². The molecule has 3 heterocycles. The zero-order chi connectivity index (χ0) is 13.3. The number of aromatic nitrogens is 4. The summed E-state index contributed by atoms with van der Waals surface area (Å²) in [5.41, 5.74) is 1.40. The number of H-pyrrole nitrogens is 1. The predicted molar refractivity (Wildman–Crippen MR) is 73.3 cm³/mol. The van der Waals surface area contributed by atoms with E-state index in [1.54, 1.807) is 6.33 Å². The van der Waals surface area contributed by atoms with Gasteiger partial charge < -0.3 is 20.4 Å². The molecule has 0 spiro atoms. The first-order valence-electron chi connectivity index (χ1n) is 6.51. The summed E-state index contributed by atoms with van der Waals surface area (Å²) in [4.78, 5) is 16.1. The summed E-state index contributed by atoms with van der Waals surface area (Å²) in [6.07, 6.45) is 2.59. The molecule has 2 aromatic heterocycles. The average molecular weight is 262 g/mol. The highest BCUT2D eigenvalue weighted by molar-refractivity contribution is 5.84.